The number of amides is 2. The first-order valence-corrected chi connectivity index (χ1v) is 9.10. The Balaban J connectivity index is 1.59. The Morgan fingerprint density at radius 2 is 1.87 bits per heavy atom. The van der Waals surface area contributed by atoms with E-state index < -0.39 is 0 Å². The molecule has 0 aromatic carbocycles. The lowest BCUT2D eigenvalue weighted by Crippen LogP contribution is -2.65. The summed E-state index contributed by atoms with van der Waals surface area (Å²) in [6.07, 6.45) is 5.89. The predicted molar refractivity (Wildman–Crippen MR) is 86.9 cm³/mol. The second-order valence-electron chi connectivity index (χ2n) is 7.78. The molecule has 1 heterocycles. The van der Waals surface area contributed by atoms with Crippen LogP contribution in [-0.2, 0) is 9.59 Å². The van der Waals surface area contributed by atoms with E-state index in [1.807, 2.05) is 6.92 Å². The number of aryl methyl sites for hydroxylation is 1. The highest BCUT2D eigenvalue weighted by atomic mass is 32.1. The Labute approximate surface area is 139 Å². The van der Waals surface area contributed by atoms with Gasteiger partial charge in [-0.15, -0.1) is 10.2 Å². The summed E-state index contributed by atoms with van der Waals surface area (Å²) in [5, 5.41) is 15.6. The third-order valence-electron chi connectivity index (χ3n) is 5.73. The Morgan fingerprint density at radius 1 is 1.17 bits per heavy atom. The van der Waals surface area contributed by atoms with Crippen molar-refractivity contribution >= 4 is 28.3 Å². The summed E-state index contributed by atoms with van der Waals surface area (Å²) in [4.78, 5) is 24.7. The highest BCUT2D eigenvalue weighted by molar-refractivity contribution is 7.15. The van der Waals surface area contributed by atoms with Gasteiger partial charge in [-0.1, -0.05) is 11.3 Å². The summed E-state index contributed by atoms with van der Waals surface area (Å²) in [6.45, 7) is 3.46. The lowest BCUT2D eigenvalue weighted by atomic mass is 9.46. The SMILES string of the molecule is CC(=O)NC12C[C@H]3C[C@H](C1)CC(C(=O)Nc1nnc(C)s1)(C3)C2. The largest absolute Gasteiger partial charge is 0.351 e. The first kappa shape index (κ1) is 15.1. The number of carbonyl (C=O) groups is 2. The van der Waals surface area contributed by atoms with E-state index in [2.05, 4.69) is 20.8 Å². The van der Waals surface area contributed by atoms with Gasteiger partial charge >= 0.3 is 0 Å². The highest BCUT2D eigenvalue weighted by Crippen LogP contribution is 2.61. The Hall–Kier alpha value is -1.50. The van der Waals surface area contributed by atoms with E-state index in [4.69, 9.17) is 0 Å². The van der Waals surface area contributed by atoms with Crippen LogP contribution in [0.2, 0.25) is 0 Å². The molecule has 4 bridgehead atoms. The van der Waals surface area contributed by atoms with Crippen molar-refractivity contribution in [2.45, 2.75) is 57.9 Å². The van der Waals surface area contributed by atoms with Crippen molar-refractivity contribution in [2.75, 3.05) is 5.32 Å². The fraction of sp³-hybridized carbons (Fsp3) is 0.750. The van der Waals surface area contributed by atoms with E-state index in [1.165, 1.54) is 17.8 Å². The Morgan fingerprint density at radius 3 is 2.43 bits per heavy atom. The molecule has 5 rings (SSSR count). The van der Waals surface area contributed by atoms with Crippen LogP contribution < -0.4 is 10.6 Å². The zero-order chi connectivity index (χ0) is 16.2. The van der Waals surface area contributed by atoms with Gasteiger partial charge in [0, 0.05) is 12.5 Å². The van der Waals surface area contributed by atoms with Crippen molar-refractivity contribution < 1.29 is 9.59 Å². The topological polar surface area (TPSA) is 84.0 Å². The zero-order valence-electron chi connectivity index (χ0n) is 13.5. The summed E-state index contributed by atoms with van der Waals surface area (Å²) in [6, 6.07) is 0. The molecule has 6 nitrogen and oxygen atoms in total. The van der Waals surface area contributed by atoms with Gasteiger partial charge in [-0.3, -0.25) is 9.59 Å². The van der Waals surface area contributed by atoms with Crippen LogP contribution in [0.4, 0.5) is 5.13 Å². The van der Waals surface area contributed by atoms with Gasteiger partial charge in [0.15, 0.2) is 0 Å². The first-order valence-electron chi connectivity index (χ1n) is 8.28. The number of nitrogens with zero attached hydrogens (tertiary/aromatic N) is 2. The van der Waals surface area contributed by atoms with E-state index in [0.717, 1.165) is 37.1 Å². The van der Waals surface area contributed by atoms with Crippen molar-refractivity contribution in [2.24, 2.45) is 17.3 Å². The van der Waals surface area contributed by atoms with Crippen molar-refractivity contribution in [3.8, 4) is 0 Å². The summed E-state index contributed by atoms with van der Waals surface area (Å²) < 4.78 is 0. The number of hydrogen-bond donors (Lipinski definition) is 2. The summed E-state index contributed by atoms with van der Waals surface area (Å²) in [5.74, 6) is 1.18. The summed E-state index contributed by atoms with van der Waals surface area (Å²) in [7, 11) is 0. The molecule has 4 saturated carbocycles. The Kier molecular flexibility index (Phi) is 3.27. The van der Waals surface area contributed by atoms with Gasteiger partial charge in [0.1, 0.15) is 5.01 Å². The van der Waals surface area contributed by atoms with Crippen LogP contribution in [0.1, 0.15) is 50.5 Å². The average Bonchev–Trinajstić information content (AvgIpc) is 2.81. The van der Waals surface area contributed by atoms with Gasteiger partial charge in [0.05, 0.1) is 5.41 Å². The monoisotopic (exact) mass is 334 g/mol. The first-order chi connectivity index (χ1) is 10.9. The fourth-order valence-corrected chi connectivity index (χ4v) is 6.21. The molecule has 2 atom stereocenters. The van der Waals surface area contributed by atoms with Crippen molar-refractivity contribution in [1.82, 2.24) is 15.5 Å². The maximum Gasteiger partial charge on any atom is 0.232 e. The second-order valence-corrected chi connectivity index (χ2v) is 8.96. The number of anilines is 1. The lowest BCUT2D eigenvalue weighted by Gasteiger charge is -2.61. The average molecular weight is 334 g/mol. The molecule has 7 heteroatoms. The summed E-state index contributed by atoms with van der Waals surface area (Å²) >= 11 is 1.41. The molecule has 2 amide bonds. The lowest BCUT2D eigenvalue weighted by molar-refractivity contribution is -0.148. The molecule has 0 spiro atoms. The number of rotatable bonds is 3. The van der Waals surface area contributed by atoms with Crippen molar-refractivity contribution in [1.29, 1.82) is 0 Å². The number of carbonyl (C=O) groups excluding carboxylic acids is 2. The van der Waals surface area contributed by atoms with Gasteiger partial charge in [-0.2, -0.15) is 0 Å². The van der Waals surface area contributed by atoms with Crippen LogP contribution in [0.15, 0.2) is 0 Å². The van der Waals surface area contributed by atoms with Crippen LogP contribution in [0.5, 0.6) is 0 Å². The van der Waals surface area contributed by atoms with Crippen molar-refractivity contribution in [3.63, 3.8) is 0 Å². The smallest absolute Gasteiger partial charge is 0.232 e. The minimum absolute atomic E-state index is 0.0160. The van der Waals surface area contributed by atoms with Crippen molar-refractivity contribution in [3.05, 3.63) is 5.01 Å². The number of nitrogens with one attached hydrogen (secondary N) is 2. The third kappa shape index (κ3) is 2.55. The van der Waals surface area contributed by atoms with Crippen LogP contribution >= 0.6 is 11.3 Å². The fourth-order valence-electron chi connectivity index (χ4n) is 5.62. The molecular weight excluding hydrogens is 312 g/mol. The standard InChI is InChI=1S/C16H22N4O2S/c1-9(21)18-16-6-11-3-12(7-16)5-15(4-11,8-16)13(22)17-14-20-19-10(2)23-14/h11-12H,3-8H2,1-2H3,(H,18,21)(H,17,20,22)/t11-,12-,15?,16?/m0/s1. The van der Waals surface area contributed by atoms with E-state index >= 15 is 0 Å². The molecule has 4 aliphatic carbocycles. The van der Waals surface area contributed by atoms with Crippen LogP contribution in [-0.4, -0.2) is 27.6 Å². The van der Waals surface area contributed by atoms with E-state index in [-0.39, 0.29) is 22.8 Å². The Bertz CT molecular complexity index is 657. The quantitative estimate of drug-likeness (QED) is 0.888. The number of hydrogen-bond acceptors (Lipinski definition) is 5. The van der Waals surface area contributed by atoms with Crippen LogP contribution in [0, 0.1) is 24.2 Å². The predicted octanol–water partition coefficient (Wildman–Crippen LogP) is 2.26. The zero-order valence-corrected chi connectivity index (χ0v) is 14.3. The van der Waals surface area contributed by atoms with Gasteiger partial charge in [0.2, 0.25) is 16.9 Å². The third-order valence-corrected chi connectivity index (χ3v) is 6.48. The molecule has 124 valence electrons. The molecule has 4 aliphatic rings. The van der Waals surface area contributed by atoms with Gasteiger partial charge in [-0.25, -0.2) is 0 Å². The minimum Gasteiger partial charge on any atom is -0.351 e. The van der Waals surface area contributed by atoms with Gasteiger partial charge < -0.3 is 10.6 Å². The molecule has 0 saturated heterocycles. The maximum atomic E-state index is 13.0. The van der Waals surface area contributed by atoms with E-state index in [1.54, 1.807) is 6.92 Å². The van der Waals surface area contributed by atoms with Gasteiger partial charge in [-0.05, 0) is 57.3 Å². The molecule has 23 heavy (non-hydrogen) atoms. The van der Waals surface area contributed by atoms with Crippen LogP contribution in [0.25, 0.3) is 0 Å². The molecule has 2 N–H and O–H groups in total. The molecule has 4 fully saturated rings. The second kappa shape index (κ2) is 5.00. The molecule has 0 unspecified atom stereocenters. The highest BCUT2D eigenvalue weighted by Gasteiger charge is 2.60. The van der Waals surface area contributed by atoms with E-state index in [0.29, 0.717) is 17.0 Å². The maximum absolute atomic E-state index is 13.0. The molecule has 0 aliphatic heterocycles. The number of aromatic nitrogens is 2. The molecule has 1 aromatic rings. The molecular formula is C16H22N4O2S. The molecule has 0 radical (unpaired) electrons. The van der Waals surface area contributed by atoms with Crippen LogP contribution in [0.3, 0.4) is 0 Å². The van der Waals surface area contributed by atoms with Gasteiger partial charge in [0.25, 0.3) is 0 Å². The summed E-state index contributed by atoms with van der Waals surface area (Å²) in [5.41, 5.74) is -0.531. The minimum atomic E-state index is -0.355. The molecule has 1 aromatic heterocycles. The normalized spacial score (nSPS) is 37.7. The van der Waals surface area contributed by atoms with E-state index in [9.17, 15) is 9.59 Å².